The SMILES string of the molecule is CN(C)CCCNc1cc(-c2ccccc2)nc(NCCN2CCOCC2)n1. The van der Waals surface area contributed by atoms with Crippen molar-refractivity contribution in [1.29, 1.82) is 0 Å². The standard InChI is InChI=1S/C21H32N6O/c1-26(2)11-6-9-22-20-17-19(18-7-4-3-5-8-18)24-21(25-20)23-10-12-27-13-15-28-16-14-27/h3-5,7-8,17H,6,9-16H2,1-2H3,(H2,22,23,24,25). The summed E-state index contributed by atoms with van der Waals surface area (Å²) in [5.41, 5.74) is 2.03. The summed E-state index contributed by atoms with van der Waals surface area (Å²) < 4.78 is 5.41. The molecule has 1 saturated heterocycles. The molecule has 1 aromatic heterocycles. The third kappa shape index (κ3) is 6.74. The molecule has 0 spiro atoms. The largest absolute Gasteiger partial charge is 0.379 e. The highest BCUT2D eigenvalue weighted by Gasteiger charge is 2.11. The summed E-state index contributed by atoms with van der Waals surface area (Å²) in [4.78, 5) is 14.0. The minimum Gasteiger partial charge on any atom is -0.379 e. The fourth-order valence-corrected chi connectivity index (χ4v) is 3.14. The van der Waals surface area contributed by atoms with Gasteiger partial charge in [-0.2, -0.15) is 4.98 Å². The molecule has 1 aliphatic rings. The summed E-state index contributed by atoms with van der Waals surface area (Å²) in [5.74, 6) is 1.53. The van der Waals surface area contributed by atoms with E-state index in [9.17, 15) is 0 Å². The molecule has 0 radical (unpaired) electrons. The van der Waals surface area contributed by atoms with Gasteiger partial charge in [-0.1, -0.05) is 30.3 Å². The fourth-order valence-electron chi connectivity index (χ4n) is 3.14. The predicted octanol–water partition coefficient (Wildman–Crippen LogP) is 2.25. The van der Waals surface area contributed by atoms with Crippen molar-refractivity contribution in [3.05, 3.63) is 36.4 Å². The number of hydrogen-bond donors (Lipinski definition) is 2. The molecule has 1 aliphatic heterocycles. The topological polar surface area (TPSA) is 65.5 Å². The van der Waals surface area contributed by atoms with Crippen LogP contribution in [0.3, 0.4) is 0 Å². The molecule has 2 aromatic rings. The van der Waals surface area contributed by atoms with Crippen LogP contribution in [0.1, 0.15) is 6.42 Å². The molecular formula is C21H32N6O. The van der Waals surface area contributed by atoms with Crippen molar-refractivity contribution in [2.24, 2.45) is 0 Å². The summed E-state index contributed by atoms with van der Waals surface area (Å²) in [6.07, 6.45) is 1.07. The van der Waals surface area contributed by atoms with Crippen LogP contribution in [0.15, 0.2) is 36.4 Å². The summed E-state index contributed by atoms with van der Waals surface area (Å²) in [5, 5.41) is 6.84. The molecule has 0 amide bonds. The molecule has 2 N–H and O–H groups in total. The van der Waals surface area contributed by atoms with E-state index in [1.165, 1.54) is 0 Å². The lowest BCUT2D eigenvalue weighted by Crippen LogP contribution is -2.39. The van der Waals surface area contributed by atoms with E-state index in [4.69, 9.17) is 9.72 Å². The number of nitrogens with one attached hydrogen (secondary N) is 2. The Kier molecular flexibility index (Phi) is 8.02. The van der Waals surface area contributed by atoms with Gasteiger partial charge in [-0.15, -0.1) is 0 Å². The van der Waals surface area contributed by atoms with Gasteiger partial charge in [0, 0.05) is 44.4 Å². The average Bonchev–Trinajstić information content (AvgIpc) is 2.72. The molecular weight excluding hydrogens is 352 g/mol. The van der Waals surface area contributed by atoms with Gasteiger partial charge in [0.1, 0.15) is 5.82 Å². The maximum absolute atomic E-state index is 5.41. The van der Waals surface area contributed by atoms with E-state index in [0.717, 1.165) is 76.0 Å². The van der Waals surface area contributed by atoms with Crippen LogP contribution < -0.4 is 10.6 Å². The van der Waals surface area contributed by atoms with Crippen molar-refractivity contribution in [2.45, 2.75) is 6.42 Å². The third-order valence-electron chi connectivity index (χ3n) is 4.70. The molecule has 0 bridgehead atoms. The Labute approximate surface area is 168 Å². The molecule has 1 aromatic carbocycles. The summed E-state index contributed by atoms with van der Waals surface area (Å²) in [6.45, 7) is 7.34. The minimum atomic E-state index is 0.671. The molecule has 0 atom stereocenters. The van der Waals surface area contributed by atoms with Gasteiger partial charge in [0.05, 0.1) is 18.9 Å². The maximum atomic E-state index is 5.41. The number of aromatic nitrogens is 2. The maximum Gasteiger partial charge on any atom is 0.225 e. The Morgan fingerprint density at radius 2 is 1.82 bits per heavy atom. The third-order valence-corrected chi connectivity index (χ3v) is 4.70. The lowest BCUT2D eigenvalue weighted by Gasteiger charge is -2.26. The first-order valence-corrected chi connectivity index (χ1v) is 10.1. The van der Waals surface area contributed by atoms with Crippen molar-refractivity contribution in [2.75, 3.05) is 77.2 Å². The van der Waals surface area contributed by atoms with Crippen molar-refractivity contribution >= 4 is 11.8 Å². The van der Waals surface area contributed by atoms with Crippen LogP contribution in [0.25, 0.3) is 11.3 Å². The normalized spacial score (nSPS) is 15.0. The molecule has 0 saturated carbocycles. The first-order chi connectivity index (χ1) is 13.7. The van der Waals surface area contributed by atoms with E-state index in [-0.39, 0.29) is 0 Å². The van der Waals surface area contributed by atoms with Gasteiger partial charge < -0.3 is 20.3 Å². The number of ether oxygens (including phenoxy) is 1. The number of benzene rings is 1. The van der Waals surface area contributed by atoms with Gasteiger partial charge in [-0.25, -0.2) is 4.98 Å². The summed E-state index contributed by atoms with van der Waals surface area (Å²) >= 11 is 0. The Morgan fingerprint density at radius 1 is 1.04 bits per heavy atom. The van der Waals surface area contributed by atoms with Crippen LogP contribution in [0.2, 0.25) is 0 Å². The Balaban J connectivity index is 1.64. The molecule has 7 heteroatoms. The van der Waals surface area contributed by atoms with E-state index < -0.39 is 0 Å². The number of anilines is 2. The lowest BCUT2D eigenvalue weighted by molar-refractivity contribution is 0.0398. The number of morpholine rings is 1. The van der Waals surface area contributed by atoms with E-state index in [0.29, 0.717) is 5.95 Å². The zero-order chi connectivity index (χ0) is 19.6. The van der Waals surface area contributed by atoms with E-state index >= 15 is 0 Å². The monoisotopic (exact) mass is 384 g/mol. The van der Waals surface area contributed by atoms with Crippen molar-refractivity contribution in [3.63, 3.8) is 0 Å². The van der Waals surface area contributed by atoms with Gasteiger partial charge in [0.15, 0.2) is 0 Å². The zero-order valence-electron chi connectivity index (χ0n) is 17.0. The van der Waals surface area contributed by atoms with Gasteiger partial charge in [-0.3, -0.25) is 4.90 Å². The van der Waals surface area contributed by atoms with Crippen molar-refractivity contribution < 1.29 is 4.74 Å². The summed E-state index contributed by atoms with van der Waals surface area (Å²) in [6, 6.07) is 12.3. The fraction of sp³-hybridized carbons (Fsp3) is 0.524. The average molecular weight is 385 g/mol. The van der Waals surface area contributed by atoms with Gasteiger partial charge in [0.25, 0.3) is 0 Å². The number of rotatable bonds is 10. The number of nitrogens with zero attached hydrogens (tertiary/aromatic N) is 4. The van der Waals surface area contributed by atoms with Gasteiger partial charge in [0.2, 0.25) is 5.95 Å². The van der Waals surface area contributed by atoms with Gasteiger partial charge >= 0.3 is 0 Å². The van der Waals surface area contributed by atoms with Crippen LogP contribution in [-0.2, 0) is 4.74 Å². The second kappa shape index (κ2) is 10.9. The Hall–Kier alpha value is -2.22. The highest BCUT2D eigenvalue weighted by molar-refractivity contribution is 5.64. The smallest absolute Gasteiger partial charge is 0.225 e. The van der Waals surface area contributed by atoms with Crippen molar-refractivity contribution in [1.82, 2.24) is 19.8 Å². The summed E-state index contributed by atoms with van der Waals surface area (Å²) in [7, 11) is 4.18. The first-order valence-electron chi connectivity index (χ1n) is 10.1. The molecule has 152 valence electrons. The van der Waals surface area contributed by atoms with Crippen molar-refractivity contribution in [3.8, 4) is 11.3 Å². The zero-order valence-corrected chi connectivity index (χ0v) is 17.0. The molecule has 0 unspecified atom stereocenters. The minimum absolute atomic E-state index is 0.671. The second-order valence-electron chi connectivity index (χ2n) is 7.29. The molecule has 7 nitrogen and oxygen atoms in total. The lowest BCUT2D eigenvalue weighted by atomic mass is 10.1. The number of hydrogen-bond acceptors (Lipinski definition) is 7. The molecule has 0 aliphatic carbocycles. The van der Waals surface area contributed by atoms with Crippen LogP contribution in [0.5, 0.6) is 0 Å². The van der Waals surface area contributed by atoms with Crippen LogP contribution in [0.4, 0.5) is 11.8 Å². The highest BCUT2D eigenvalue weighted by atomic mass is 16.5. The quantitative estimate of drug-likeness (QED) is 0.609. The Bertz CT molecular complexity index is 703. The Morgan fingerprint density at radius 3 is 2.57 bits per heavy atom. The predicted molar refractivity (Wildman–Crippen MR) is 115 cm³/mol. The molecule has 1 fully saturated rings. The second-order valence-corrected chi connectivity index (χ2v) is 7.29. The van der Waals surface area contributed by atoms with Gasteiger partial charge in [-0.05, 0) is 27.1 Å². The van der Waals surface area contributed by atoms with E-state index in [1.807, 2.05) is 24.3 Å². The molecule has 3 rings (SSSR count). The molecule has 2 heterocycles. The highest BCUT2D eigenvalue weighted by Crippen LogP contribution is 2.21. The first kappa shape index (κ1) is 20.5. The van der Waals surface area contributed by atoms with Crippen LogP contribution >= 0.6 is 0 Å². The van der Waals surface area contributed by atoms with Crippen LogP contribution in [-0.4, -0.2) is 86.3 Å². The van der Waals surface area contributed by atoms with E-state index in [1.54, 1.807) is 0 Å². The van der Waals surface area contributed by atoms with Crippen LogP contribution in [0, 0.1) is 0 Å². The molecule has 28 heavy (non-hydrogen) atoms. The van der Waals surface area contributed by atoms with E-state index in [2.05, 4.69) is 51.6 Å².